The Morgan fingerprint density at radius 2 is 1.86 bits per heavy atom. The van der Waals surface area contributed by atoms with Crippen molar-refractivity contribution in [3.05, 3.63) is 52.0 Å². The summed E-state index contributed by atoms with van der Waals surface area (Å²) in [4.78, 5) is 10.4. The topological polar surface area (TPSA) is 53.2 Å². The van der Waals surface area contributed by atoms with E-state index in [1.807, 2.05) is 18.2 Å². The number of halogens is 2. The second kappa shape index (κ2) is 8.60. The van der Waals surface area contributed by atoms with Crippen LogP contribution in [0.25, 0.3) is 11.0 Å². The first-order chi connectivity index (χ1) is 13.6. The maximum absolute atomic E-state index is 6.08. The van der Waals surface area contributed by atoms with Crippen molar-refractivity contribution in [2.45, 2.75) is 25.3 Å². The normalized spacial score (nSPS) is 15.8. The molecule has 0 atom stereocenters. The first-order valence-electron chi connectivity index (χ1n) is 9.57. The molecule has 0 spiro atoms. The summed E-state index contributed by atoms with van der Waals surface area (Å²) >= 11 is 12.2. The second-order valence-corrected chi connectivity index (χ2v) is 8.04. The molecule has 4 rings (SSSR count). The number of ether oxygens (including phenoxy) is 1. The number of imidazole rings is 1. The van der Waals surface area contributed by atoms with E-state index in [0.29, 0.717) is 16.1 Å². The van der Waals surface area contributed by atoms with Crippen molar-refractivity contribution in [1.29, 1.82) is 0 Å². The lowest BCUT2D eigenvalue weighted by Gasteiger charge is -2.32. The van der Waals surface area contributed by atoms with Crippen molar-refractivity contribution in [3.8, 4) is 5.75 Å². The molecule has 2 aromatic carbocycles. The number of aromatic nitrogens is 2. The average molecular weight is 419 g/mol. The number of nitrogens with one attached hydrogen (secondary N) is 2. The van der Waals surface area contributed by atoms with Crippen molar-refractivity contribution < 1.29 is 4.74 Å². The van der Waals surface area contributed by atoms with Crippen LogP contribution in [0.4, 0.5) is 5.95 Å². The van der Waals surface area contributed by atoms with E-state index in [1.165, 1.54) is 5.56 Å². The van der Waals surface area contributed by atoms with Gasteiger partial charge < -0.3 is 19.9 Å². The number of hydrogen-bond acceptors (Lipinski definition) is 4. The van der Waals surface area contributed by atoms with Gasteiger partial charge in [-0.15, -0.1) is 0 Å². The molecule has 0 amide bonds. The third-order valence-corrected chi connectivity index (χ3v) is 6.05. The molecule has 3 aromatic rings. The summed E-state index contributed by atoms with van der Waals surface area (Å²) in [5, 5.41) is 4.58. The number of H-pyrrole nitrogens is 1. The molecule has 0 saturated carbocycles. The number of methoxy groups -OCH3 is 1. The Labute approximate surface area is 175 Å². The molecule has 1 fully saturated rings. The number of anilines is 1. The zero-order valence-corrected chi connectivity index (χ0v) is 17.4. The molecule has 1 saturated heterocycles. The minimum absolute atomic E-state index is 0.420. The largest absolute Gasteiger partial charge is 0.497 e. The Bertz CT molecular complexity index is 894. The smallest absolute Gasteiger partial charge is 0.201 e. The van der Waals surface area contributed by atoms with Crippen LogP contribution < -0.4 is 10.1 Å². The Morgan fingerprint density at radius 1 is 1.14 bits per heavy atom. The molecule has 7 heteroatoms. The maximum atomic E-state index is 6.08. The highest BCUT2D eigenvalue weighted by molar-refractivity contribution is 6.42. The van der Waals surface area contributed by atoms with Crippen LogP contribution in [-0.4, -0.2) is 47.7 Å². The summed E-state index contributed by atoms with van der Waals surface area (Å²) in [6.07, 6.45) is 3.26. The highest BCUT2D eigenvalue weighted by Crippen LogP contribution is 2.28. The summed E-state index contributed by atoms with van der Waals surface area (Å²) in [5.41, 5.74) is 3.07. The van der Waals surface area contributed by atoms with Gasteiger partial charge in [0.1, 0.15) is 5.75 Å². The van der Waals surface area contributed by atoms with Crippen LogP contribution >= 0.6 is 23.2 Å². The molecule has 2 N–H and O–H groups in total. The number of piperidine rings is 1. The first kappa shape index (κ1) is 19.4. The Balaban J connectivity index is 1.27. The summed E-state index contributed by atoms with van der Waals surface area (Å²) in [6.45, 7) is 3.26. The molecule has 28 heavy (non-hydrogen) atoms. The van der Waals surface area contributed by atoms with Gasteiger partial charge in [0.05, 0.1) is 28.2 Å². The molecule has 2 heterocycles. The Kier molecular flexibility index (Phi) is 5.95. The van der Waals surface area contributed by atoms with Crippen LogP contribution in [0.5, 0.6) is 5.75 Å². The molecule has 1 aromatic heterocycles. The van der Waals surface area contributed by atoms with Crippen LogP contribution in [0.1, 0.15) is 18.4 Å². The van der Waals surface area contributed by atoms with Gasteiger partial charge in [0, 0.05) is 25.7 Å². The van der Waals surface area contributed by atoms with E-state index in [-0.39, 0.29) is 0 Å². The van der Waals surface area contributed by atoms with Crippen molar-refractivity contribution in [2.75, 3.05) is 32.1 Å². The predicted octanol–water partition coefficient (Wildman–Crippen LogP) is 5.00. The van der Waals surface area contributed by atoms with Gasteiger partial charge in [0.15, 0.2) is 0 Å². The van der Waals surface area contributed by atoms with E-state index in [1.54, 1.807) is 13.2 Å². The molecule has 0 bridgehead atoms. The molecule has 0 unspecified atom stereocenters. The van der Waals surface area contributed by atoms with Crippen molar-refractivity contribution >= 4 is 40.2 Å². The van der Waals surface area contributed by atoms with Gasteiger partial charge in [-0.05, 0) is 49.1 Å². The van der Waals surface area contributed by atoms with Gasteiger partial charge in [-0.2, -0.15) is 0 Å². The van der Waals surface area contributed by atoms with Crippen LogP contribution in [0.2, 0.25) is 10.0 Å². The molecule has 5 nitrogen and oxygen atoms in total. The van der Waals surface area contributed by atoms with E-state index < -0.39 is 0 Å². The average Bonchev–Trinajstić information content (AvgIpc) is 3.09. The van der Waals surface area contributed by atoms with Gasteiger partial charge in [-0.3, -0.25) is 0 Å². The highest BCUT2D eigenvalue weighted by Gasteiger charge is 2.20. The summed E-state index contributed by atoms with van der Waals surface area (Å²) in [5.74, 6) is 1.69. The number of rotatable bonds is 6. The number of fused-ring (bicyclic) bond motifs is 1. The minimum atomic E-state index is 0.420. The Hall–Kier alpha value is -1.95. The van der Waals surface area contributed by atoms with Gasteiger partial charge in [0.25, 0.3) is 0 Å². The molecule has 1 aliphatic rings. The fourth-order valence-corrected chi connectivity index (χ4v) is 3.97. The predicted molar refractivity (Wildman–Crippen MR) is 116 cm³/mol. The standard InChI is InChI=1S/C21H24Cl2N4O/c1-28-16-4-2-14(3-5-16)6-9-27-10-7-15(8-11-27)24-21-25-19-12-17(22)18(23)13-20(19)26-21/h2-5,12-13,15H,6-11H2,1H3,(H2,24,25,26). The van der Waals surface area contributed by atoms with Crippen molar-refractivity contribution in [1.82, 2.24) is 14.9 Å². The third kappa shape index (κ3) is 4.54. The van der Waals surface area contributed by atoms with Crippen LogP contribution in [0, 0.1) is 0 Å². The maximum Gasteiger partial charge on any atom is 0.201 e. The van der Waals surface area contributed by atoms with E-state index in [0.717, 1.165) is 61.6 Å². The molecule has 148 valence electrons. The van der Waals surface area contributed by atoms with Crippen LogP contribution in [0.3, 0.4) is 0 Å². The SMILES string of the molecule is COc1ccc(CCN2CCC(Nc3nc4cc(Cl)c(Cl)cc4[nH]3)CC2)cc1. The first-order valence-corrected chi connectivity index (χ1v) is 10.3. The fraction of sp³-hybridized carbons (Fsp3) is 0.381. The van der Waals surface area contributed by atoms with E-state index in [9.17, 15) is 0 Å². The summed E-state index contributed by atoms with van der Waals surface area (Å²) in [6, 6.07) is 12.4. The molecule has 1 aliphatic heterocycles. The molecule has 0 aliphatic carbocycles. The van der Waals surface area contributed by atoms with Gasteiger partial charge in [0.2, 0.25) is 5.95 Å². The lowest BCUT2D eigenvalue weighted by molar-refractivity contribution is 0.221. The quantitative estimate of drug-likeness (QED) is 0.591. The van der Waals surface area contributed by atoms with Crippen LogP contribution in [0.15, 0.2) is 36.4 Å². The fourth-order valence-electron chi connectivity index (χ4n) is 3.65. The van der Waals surface area contributed by atoms with Crippen molar-refractivity contribution in [2.24, 2.45) is 0 Å². The number of benzene rings is 2. The monoisotopic (exact) mass is 418 g/mol. The van der Waals surface area contributed by atoms with Gasteiger partial charge in [-0.1, -0.05) is 35.3 Å². The van der Waals surface area contributed by atoms with E-state index >= 15 is 0 Å². The van der Waals surface area contributed by atoms with E-state index in [2.05, 4.69) is 32.3 Å². The highest BCUT2D eigenvalue weighted by atomic mass is 35.5. The number of likely N-dealkylation sites (tertiary alicyclic amines) is 1. The number of nitrogens with zero attached hydrogens (tertiary/aromatic N) is 2. The second-order valence-electron chi connectivity index (χ2n) is 7.23. The van der Waals surface area contributed by atoms with E-state index in [4.69, 9.17) is 27.9 Å². The molecular formula is C21H24Cl2N4O. The van der Waals surface area contributed by atoms with Crippen molar-refractivity contribution in [3.63, 3.8) is 0 Å². The lowest BCUT2D eigenvalue weighted by Crippen LogP contribution is -2.40. The molecular weight excluding hydrogens is 395 g/mol. The summed E-state index contributed by atoms with van der Waals surface area (Å²) in [7, 11) is 1.70. The zero-order chi connectivity index (χ0) is 19.5. The number of hydrogen-bond donors (Lipinski definition) is 2. The molecule has 0 radical (unpaired) electrons. The Morgan fingerprint density at radius 3 is 2.57 bits per heavy atom. The summed E-state index contributed by atoms with van der Waals surface area (Å²) < 4.78 is 5.22. The zero-order valence-electron chi connectivity index (χ0n) is 15.8. The van der Waals surface area contributed by atoms with Gasteiger partial charge in [-0.25, -0.2) is 4.98 Å². The third-order valence-electron chi connectivity index (χ3n) is 5.33. The number of aromatic amines is 1. The van der Waals surface area contributed by atoms with Crippen LogP contribution in [-0.2, 0) is 6.42 Å². The minimum Gasteiger partial charge on any atom is -0.497 e. The lowest BCUT2D eigenvalue weighted by atomic mass is 10.0. The van der Waals surface area contributed by atoms with Gasteiger partial charge >= 0.3 is 0 Å².